The molecule has 5 heteroatoms. The Kier molecular flexibility index (Phi) is 5.25. The summed E-state index contributed by atoms with van der Waals surface area (Å²) in [5.74, 6) is 0.261. The fourth-order valence-electron chi connectivity index (χ4n) is 1.98. The Morgan fingerprint density at radius 3 is 2.60 bits per heavy atom. The van der Waals surface area contributed by atoms with Crippen LogP contribution in [0.25, 0.3) is 0 Å². The van der Waals surface area contributed by atoms with Gasteiger partial charge in [-0.25, -0.2) is 0 Å². The molecule has 0 radical (unpaired) electrons. The molecule has 20 heavy (non-hydrogen) atoms. The SMILES string of the molecule is Cc1ccc(NCCC(C)(C)/C(N)=N/O)cc1N(C)C. The molecule has 0 saturated heterocycles. The second-order valence-electron chi connectivity index (χ2n) is 5.94. The van der Waals surface area contributed by atoms with E-state index in [-0.39, 0.29) is 11.3 Å². The molecule has 0 saturated carbocycles. The number of benzene rings is 1. The van der Waals surface area contributed by atoms with Crippen LogP contribution in [0, 0.1) is 12.3 Å². The molecule has 0 bridgehead atoms. The third-order valence-electron chi connectivity index (χ3n) is 3.57. The fourth-order valence-corrected chi connectivity index (χ4v) is 1.98. The lowest BCUT2D eigenvalue weighted by molar-refractivity contribution is 0.306. The molecule has 0 atom stereocenters. The van der Waals surface area contributed by atoms with Crippen molar-refractivity contribution in [2.75, 3.05) is 30.9 Å². The molecule has 1 aromatic rings. The van der Waals surface area contributed by atoms with Crippen molar-refractivity contribution in [1.29, 1.82) is 0 Å². The van der Waals surface area contributed by atoms with Gasteiger partial charge < -0.3 is 21.2 Å². The van der Waals surface area contributed by atoms with E-state index in [4.69, 9.17) is 10.9 Å². The lowest BCUT2D eigenvalue weighted by Gasteiger charge is -2.23. The molecule has 0 aliphatic heterocycles. The van der Waals surface area contributed by atoms with Crippen molar-refractivity contribution in [3.05, 3.63) is 23.8 Å². The molecular weight excluding hydrogens is 252 g/mol. The number of nitrogens with zero attached hydrogens (tertiary/aromatic N) is 2. The number of amidine groups is 1. The van der Waals surface area contributed by atoms with Gasteiger partial charge in [-0.15, -0.1) is 0 Å². The fraction of sp³-hybridized carbons (Fsp3) is 0.533. The molecule has 0 spiro atoms. The van der Waals surface area contributed by atoms with Crippen LogP contribution in [0.15, 0.2) is 23.4 Å². The van der Waals surface area contributed by atoms with E-state index in [1.807, 2.05) is 27.9 Å². The van der Waals surface area contributed by atoms with E-state index in [0.717, 1.165) is 18.7 Å². The van der Waals surface area contributed by atoms with Crippen LogP contribution in [-0.4, -0.2) is 31.7 Å². The predicted octanol–water partition coefficient (Wildman–Crippen LogP) is 2.64. The average Bonchev–Trinajstić information content (AvgIpc) is 2.39. The number of oxime groups is 1. The summed E-state index contributed by atoms with van der Waals surface area (Å²) in [5, 5.41) is 15.2. The Bertz CT molecular complexity index is 481. The average molecular weight is 278 g/mol. The van der Waals surface area contributed by atoms with Gasteiger partial charge in [-0.2, -0.15) is 0 Å². The first kappa shape index (κ1) is 16.1. The smallest absolute Gasteiger partial charge is 0.144 e. The van der Waals surface area contributed by atoms with Crippen LogP contribution in [0.5, 0.6) is 0 Å². The molecule has 112 valence electrons. The number of hydrogen-bond acceptors (Lipinski definition) is 4. The molecule has 4 N–H and O–H groups in total. The number of aryl methyl sites for hydroxylation is 1. The molecule has 0 heterocycles. The minimum absolute atomic E-state index is 0.261. The number of anilines is 2. The Labute approximate surface area is 121 Å². The van der Waals surface area contributed by atoms with Crippen LogP contribution in [0.3, 0.4) is 0 Å². The number of hydrogen-bond donors (Lipinski definition) is 3. The standard InChI is InChI=1S/C15H26N4O/c1-11-6-7-12(10-13(11)19(4)5)17-9-8-15(2,3)14(16)18-20/h6-7,10,17,20H,8-9H2,1-5H3,(H2,16,18). The van der Waals surface area contributed by atoms with Crippen LogP contribution in [-0.2, 0) is 0 Å². The van der Waals surface area contributed by atoms with Gasteiger partial charge in [0.1, 0.15) is 5.84 Å². The molecule has 0 aliphatic rings. The monoisotopic (exact) mass is 278 g/mol. The zero-order valence-corrected chi connectivity index (χ0v) is 13.1. The molecule has 0 amide bonds. The topological polar surface area (TPSA) is 73.9 Å². The second kappa shape index (κ2) is 6.50. The van der Waals surface area contributed by atoms with E-state index < -0.39 is 0 Å². The summed E-state index contributed by atoms with van der Waals surface area (Å²) in [4.78, 5) is 2.10. The third kappa shape index (κ3) is 4.05. The molecule has 0 fully saturated rings. The minimum atomic E-state index is -0.323. The van der Waals surface area contributed by atoms with Gasteiger partial charge in [0, 0.05) is 37.4 Å². The zero-order valence-electron chi connectivity index (χ0n) is 13.1. The molecule has 1 rings (SSSR count). The van der Waals surface area contributed by atoms with Crippen molar-refractivity contribution >= 4 is 17.2 Å². The largest absolute Gasteiger partial charge is 0.409 e. The Morgan fingerprint density at radius 2 is 2.05 bits per heavy atom. The number of nitrogens with one attached hydrogen (secondary N) is 1. The summed E-state index contributed by atoms with van der Waals surface area (Å²) in [6.45, 7) is 6.79. The van der Waals surface area contributed by atoms with Gasteiger partial charge in [-0.3, -0.25) is 0 Å². The van der Waals surface area contributed by atoms with Gasteiger partial charge in [0.2, 0.25) is 0 Å². The third-order valence-corrected chi connectivity index (χ3v) is 3.57. The summed E-state index contributed by atoms with van der Waals surface area (Å²) in [7, 11) is 4.07. The molecule has 0 aromatic heterocycles. The molecular formula is C15H26N4O. The zero-order chi connectivity index (χ0) is 15.3. The van der Waals surface area contributed by atoms with Crippen LogP contribution in [0.2, 0.25) is 0 Å². The first-order chi connectivity index (χ1) is 9.27. The van der Waals surface area contributed by atoms with E-state index in [9.17, 15) is 0 Å². The van der Waals surface area contributed by atoms with Gasteiger partial charge in [0.15, 0.2) is 0 Å². The summed E-state index contributed by atoms with van der Waals surface area (Å²) < 4.78 is 0. The van der Waals surface area contributed by atoms with Gasteiger partial charge in [0.05, 0.1) is 0 Å². The van der Waals surface area contributed by atoms with E-state index in [0.29, 0.717) is 0 Å². The molecule has 0 aliphatic carbocycles. The van der Waals surface area contributed by atoms with Crippen molar-refractivity contribution in [3.63, 3.8) is 0 Å². The van der Waals surface area contributed by atoms with Crippen LogP contribution in [0.1, 0.15) is 25.8 Å². The van der Waals surface area contributed by atoms with Crippen molar-refractivity contribution < 1.29 is 5.21 Å². The lowest BCUT2D eigenvalue weighted by atomic mass is 9.88. The van der Waals surface area contributed by atoms with Gasteiger partial charge in [-0.1, -0.05) is 25.1 Å². The quantitative estimate of drug-likeness (QED) is 0.324. The maximum atomic E-state index is 8.75. The van der Waals surface area contributed by atoms with E-state index in [2.05, 4.69) is 40.5 Å². The van der Waals surface area contributed by atoms with Gasteiger partial charge >= 0.3 is 0 Å². The highest BCUT2D eigenvalue weighted by atomic mass is 16.4. The molecule has 5 nitrogen and oxygen atoms in total. The number of nitrogens with two attached hydrogens (primary N) is 1. The van der Waals surface area contributed by atoms with E-state index in [1.165, 1.54) is 11.3 Å². The Morgan fingerprint density at radius 1 is 1.40 bits per heavy atom. The Hall–Kier alpha value is -1.91. The summed E-state index contributed by atoms with van der Waals surface area (Å²) in [6.07, 6.45) is 0.786. The van der Waals surface area contributed by atoms with Crippen molar-refractivity contribution in [2.24, 2.45) is 16.3 Å². The van der Waals surface area contributed by atoms with E-state index in [1.54, 1.807) is 0 Å². The molecule has 0 unspecified atom stereocenters. The minimum Gasteiger partial charge on any atom is -0.409 e. The van der Waals surface area contributed by atoms with Crippen molar-refractivity contribution in [1.82, 2.24) is 0 Å². The van der Waals surface area contributed by atoms with Gasteiger partial charge in [-0.05, 0) is 31.0 Å². The number of rotatable bonds is 6. The van der Waals surface area contributed by atoms with Crippen LogP contribution >= 0.6 is 0 Å². The predicted molar refractivity (Wildman–Crippen MR) is 85.8 cm³/mol. The van der Waals surface area contributed by atoms with Crippen molar-refractivity contribution in [2.45, 2.75) is 27.2 Å². The van der Waals surface area contributed by atoms with Crippen molar-refractivity contribution in [3.8, 4) is 0 Å². The second-order valence-corrected chi connectivity index (χ2v) is 5.94. The normalized spacial score (nSPS) is 12.3. The first-order valence-electron chi connectivity index (χ1n) is 6.78. The first-order valence-corrected chi connectivity index (χ1v) is 6.78. The van der Waals surface area contributed by atoms with Gasteiger partial charge in [0.25, 0.3) is 0 Å². The highest BCUT2D eigenvalue weighted by Gasteiger charge is 2.22. The van der Waals surface area contributed by atoms with E-state index >= 15 is 0 Å². The highest BCUT2D eigenvalue weighted by molar-refractivity contribution is 5.85. The Balaban J connectivity index is 2.65. The maximum absolute atomic E-state index is 8.75. The summed E-state index contributed by atoms with van der Waals surface area (Å²) in [6, 6.07) is 6.30. The summed E-state index contributed by atoms with van der Waals surface area (Å²) in [5.41, 5.74) is 8.88. The van der Waals surface area contributed by atoms with Crippen LogP contribution in [0.4, 0.5) is 11.4 Å². The lowest BCUT2D eigenvalue weighted by Crippen LogP contribution is -2.33. The van der Waals surface area contributed by atoms with Crippen LogP contribution < -0.4 is 16.0 Å². The molecule has 1 aromatic carbocycles. The summed E-state index contributed by atoms with van der Waals surface area (Å²) >= 11 is 0. The maximum Gasteiger partial charge on any atom is 0.144 e. The highest BCUT2D eigenvalue weighted by Crippen LogP contribution is 2.24.